The van der Waals surface area contributed by atoms with Crippen molar-refractivity contribution in [2.75, 3.05) is 11.9 Å². The number of fused-ring (bicyclic) bond motifs is 4. The second kappa shape index (κ2) is 6.87. The molecule has 0 saturated carbocycles. The van der Waals surface area contributed by atoms with E-state index in [2.05, 4.69) is 25.5 Å². The lowest BCUT2D eigenvalue weighted by atomic mass is 9.89. The fourth-order valence-electron chi connectivity index (χ4n) is 3.82. The Morgan fingerprint density at radius 1 is 1.39 bits per heavy atom. The molecule has 2 N–H and O–H groups in total. The molecule has 1 aliphatic rings. The molecule has 0 radical (unpaired) electrons. The molecule has 0 amide bonds. The summed E-state index contributed by atoms with van der Waals surface area (Å²) < 4.78 is 5.83. The fraction of sp³-hybridized carbons (Fsp3) is 0.300. The highest BCUT2D eigenvalue weighted by Crippen LogP contribution is 2.41. The van der Waals surface area contributed by atoms with Gasteiger partial charge in [-0.1, -0.05) is 0 Å². The molecule has 8 heteroatoms. The maximum Gasteiger partial charge on any atom is 0.144 e. The number of ether oxygens (including phenoxy) is 1. The molecule has 0 saturated heterocycles. The Bertz CT molecular complexity index is 1180. The summed E-state index contributed by atoms with van der Waals surface area (Å²) in [4.78, 5) is 22.4. The van der Waals surface area contributed by atoms with Crippen molar-refractivity contribution < 1.29 is 9.53 Å². The predicted molar refractivity (Wildman–Crippen MR) is 110 cm³/mol. The number of aldehydes is 1. The lowest BCUT2D eigenvalue weighted by molar-refractivity contribution is -0.111. The van der Waals surface area contributed by atoms with E-state index in [1.165, 1.54) is 10.4 Å². The molecule has 3 aromatic heterocycles. The van der Waals surface area contributed by atoms with Crippen LogP contribution in [0.3, 0.4) is 0 Å². The van der Waals surface area contributed by atoms with Crippen molar-refractivity contribution in [3.8, 4) is 5.75 Å². The van der Waals surface area contributed by atoms with E-state index in [9.17, 15) is 4.79 Å². The van der Waals surface area contributed by atoms with Crippen molar-refractivity contribution in [1.82, 2.24) is 20.2 Å². The summed E-state index contributed by atoms with van der Waals surface area (Å²) in [6, 6.07) is 3.96. The Morgan fingerprint density at radius 3 is 3.18 bits per heavy atom. The van der Waals surface area contributed by atoms with Gasteiger partial charge in [-0.15, -0.1) is 11.3 Å². The monoisotopic (exact) mass is 393 g/mol. The van der Waals surface area contributed by atoms with Crippen LogP contribution in [0.25, 0.3) is 21.1 Å². The van der Waals surface area contributed by atoms with Gasteiger partial charge in [-0.3, -0.25) is 5.10 Å². The van der Waals surface area contributed by atoms with Crippen LogP contribution in [0.1, 0.15) is 23.8 Å². The minimum Gasteiger partial charge on any atom is -0.492 e. The van der Waals surface area contributed by atoms with Crippen molar-refractivity contribution in [1.29, 1.82) is 0 Å². The van der Waals surface area contributed by atoms with Crippen LogP contribution in [0.2, 0.25) is 0 Å². The third-order valence-electron chi connectivity index (χ3n) is 5.17. The number of benzene rings is 1. The number of nitrogens with one attached hydrogen (secondary N) is 2. The highest BCUT2D eigenvalue weighted by Gasteiger charge is 2.25. The third-order valence-corrected chi connectivity index (χ3v) is 6.33. The van der Waals surface area contributed by atoms with Crippen molar-refractivity contribution in [3.63, 3.8) is 0 Å². The van der Waals surface area contributed by atoms with Crippen molar-refractivity contribution in [2.24, 2.45) is 5.92 Å². The van der Waals surface area contributed by atoms with E-state index in [4.69, 9.17) is 4.74 Å². The quantitative estimate of drug-likeness (QED) is 0.498. The molecule has 1 unspecified atom stereocenters. The number of rotatable bonds is 5. The number of nitrogens with zero attached hydrogens (tertiary/aromatic N) is 3. The van der Waals surface area contributed by atoms with Gasteiger partial charge in [0.25, 0.3) is 0 Å². The maximum absolute atomic E-state index is 11.2. The summed E-state index contributed by atoms with van der Waals surface area (Å²) in [5, 5.41) is 12.6. The summed E-state index contributed by atoms with van der Waals surface area (Å²) in [7, 11) is 0. The van der Waals surface area contributed by atoms with Gasteiger partial charge in [0, 0.05) is 22.2 Å². The van der Waals surface area contributed by atoms with Gasteiger partial charge in [0.15, 0.2) is 0 Å². The molecule has 4 aromatic rings. The van der Waals surface area contributed by atoms with Gasteiger partial charge in [-0.25, -0.2) is 9.97 Å². The molecule has 7 nitrogen and oxygen atoms in total. The largest absolute Gasteiger partial charge is 0.492 e. The molecular formula is C20H19N5O2S. The minimum atomic E-state index is 0.109. The smallest absolute Gasteiger partial charge is 0.144 e. The van der Waals surface area contributed by atoms with Gasteiger partial charge < -0.3 is 14.8 Å². The molecule has 0 bridgehead atoms. The SMILES string of the molecule is CCOc1cc2[nH]ncc2cc1Nc1ncnc2sc3c(c12)CCC(C=O)C3. The molecule has 0 aliphatic heterocycles. The second-order valence-corrected chi connectivity index (χ2v) is 7.99. The standard InChI is InChI=1S/C20H19N5O2S/c1-2-27-16-7-14-12(8-23-25-14)6-15(16)24-19-18-13-4-3-11(9-26)5-17(13)28-20(18)22-10-21-19/h6-11H,2-5H2,1H3,(H,23,25)(H,21,22,24). The van der Waals surface area contributed by atoms with Crippen molar-refractivity contribution >= 4 is 50.2 Å². The number of aromatic nitrogens is 4. The molecule has 3 heterocycles. The zero-order valence-electron chi connectivity index (χ0n) is 15.4. The first kappa shape index (κ1) is 17.1. The molecule has 5 rings (SSSR count). The summed E-state index contributed by atoms with van der Waals surface area (Å²) in [5.41, 5.74) is 3.04. The van der Waals surface area contributed by atoms with E-state index in [1.807, 2.05) is 19.1 Å². The van der Waals surface area contributed by atoms with Gasteiger partial charge in [0.1, 0.15) is 29.0 Å². The Hall–Kier alpha value is -3.00. The molecule has 1 atom stereocenters. The van der Waals surface area contributed by atoms with Crippen LogP contribution in [0, 0.1) is 5.92 Å². The summed E-state index contributed by atoms with van der Waals surface area (Å²) in [5.74, 6) is 1.63. The zero-order chi connectivity index (χ0) is 19.1. The summed E-state index contributed by atoms with van der Waals surface area (Å²) in [6.45, 7) is 2.52. The van der Waals surface area contributed by atoms with Gasteiger partial charge in [0.2, 0.25) is 0 Å². The molecular weight excluding hydrogens is 374 g/mol. The van der Waals surface area contributed by atoms with Crippen molar-refractivity contribution in [2.45, 2.75) is 26.2 Å². The molecule has 1 aliphatic carbocycles. The number of thiophene rings is 1. The molecule has 1 aromatic carbocycles. The van der Waals surface area contributed by atoms with Crippen LogP contribution in [0.5, 0.6) is 5.75 Å². The van der Waals surface area contributed by atoms with E-state index < -0.39 is 0 Å². The van der Waals surface area contributed by atoms with E-state index in [0.717, 1.165) is 63.9 Å². The van der Waals surface area contributed by atoms with E-state index in [-0.39, 0.29) is 5.92 Å². The number of hydrogen-bond donors (Lipinski definition) is 2. The lowest BCUT2D eigenvalue weighted by Crippen LogP contribution is -2.13. The average molecular weight is 393 g/mol. The second-order valence-electron chi connectivity index (χ2n) is 6.91. The number of carbonyl (C=O) groups is 1. The van der Waals surface area contributed by atoms with Crippen LogP contribution in [0.15, 0.2) is 24.7 Å². The maximum atomic E-state index is 11.2. The Morgan fingerprint density at radius 2 is 2.32 bits per heavy atom. The van der Waals surface area contributed by atoms with Gasteiger partial charge in [0.05, 0.1) is 29.4 Å². The molecule has 0 fully saturated rings. The van der Waals surface area contributed by atoms with Crippen molar-refractivity contribution in [3.05, 3.63) is 35.1 Å². The summed E-state index contributed by atoms with van der Waals surface area (Å²) in [6.07, 6.45) is 7.00. The van der Waals surface area contributed by atoms with E-state index in [0.29, 0.717) is 6.61 Å². The number of hydrogen-bond acceptors (Lipinski definition) is 7. The molecule has 0 spiro atoms. The lowest BCUT2D eigenvalue weighted by Gasteiger charge is -2.18. The van der Waals surface area contributed by atoms with Crippen LogP contribution >= 0.6 is 11.3 Å². The Kier molecular flexibility index (Phi) is 4.20. The summed E-state index contributed by atoms with van der Waals surface area (Å²) >= 11 is 1.67. The van der Waals surface area contributed by atoms with Gasteiger partial charge >= 0.3 is 0 Å². The van der Waals surface area contributed by atoms with Crippen LogP contribution in [-0.2, 0) is 17.6 Å². The molecule has 28 heavy (non-hydrogen) atoms. The van der Waals surface area contributed by atoms with Crippen LogP contribution < -0.4 is 10.1 Å². The van der Waals surface area contributed by atoms with E-state index >= 15 is 0 Å². The minimum absolute atomic E-state index is 0.109. The number of carbonyl (C=O) groups excluding carboxylic acids is 1. The average Bonchev–Trinajstić information content (AvgIpc) is 3.31. The Labute approximate surface area is 165 Å². The van der Waals surface area contributed by atoms with Gasteiger partial charge in [-0.05, 0) is 37.8 Å². The van der Waals surface area contributed by atoms with Crippen LogP contribution in [0.4, 0.5) is 11.5 Å². The first-order valence-electron chi connectivity index (χ1n) is 9.34. The number of H-pyrrole nitrogens is 1. The topological polar surface area (TPSA) is 92.8 Å². The highest BCUT2D eigenvalue weighted by molar-refractivity contribution is 7.19. The highest BCUT2D eigenvalue weighted by atomic mass is 32.1. The first-order chi connectivity index (χ1) is 13.8. The fourth-order valence-corrected chi connectivity index (χ4v) is 5.10. The zero-order valence-corrected chi connectivity index (χ0v) is 16.2. The number of aromatic amines is 1. The van der Waals surface area contributed by atoms with E-state index in [1.54, 1.807) is 23.9 Å². The normalized spacial score (nSPS) is 16.2. The third kappa shape index (κ3) is 2.80. The van der Waals surface area contributed by atoms with Crippen LogP contribution in [-0.4, -0.2) is 33.1 Å². The first-order valence-corrected chi connectivity index (χ1v) is 10.2. The number of aryl methyl sites for hydroxylation is 1. The molecule has 142 valence electrons. The predicted octanol–water partition coefficient (Wildman–Crippen LogP) is 4.01. The number of anilines is 2. The van der Waals surface area contributed by atoms with Gasteiger partial charge in [-0.2, -0.15) is 5.10 Å². The Balaban J connectivity index is 1.61.